The molecule has 0 radical (unpaired) electrons. The number of anilines is 1. The number of pyridine rings is 1. The minimum absolute atomic E-state index is 0.139. The van der Waals surface area contributed by atoms with Gasteiger partial charge in [0.2, 0.25) is 5.82 Å². The first kappa shape index (κ1) is 16.5. The molecule has 0 atom stereocenters. The van der Waals surface area contributed by atoms with Crippen LogP contribution >= 0.6 is 0 Å². The minimum Gasteiger partial charge on any atom is -0.436 e. The fourth-order valence-corrected chi connectivity index (χ4v) is 2.13. The fraction of sp³-hybridized carbons (Fsp3) is 0.111. The molecule has 0 unspecified atom stereocenters. The topological polar surface area (TPSA) is 77.0 Å². The molecule has 1 aromatic carbocycles. The third kappa shape index (κ3) is 3.95. The molecule has 0 aliphatic carbocycles. The predicted molar refractivity (Wildman–Crippen MR) is 90.1 cm³/mol. The van der Waals surface area contributed by atoms with Gasteiger partial charge in [0.1, 0.15) is 12.1 Å². The molecule has 0 aliphatic heterocycles. The van der Waals surface area contributed by atoms with Crippen molar-refractivity contribution < 1.29 is 13.9 Å². The lowest BCUT2D eigenvalue weighted by atomic mass is 10.2. The molecule has 0 saturated carbocycles. The third-order valence-corrected chi connectivity index (χ3v) is 3.42. The zero-order chi connectivity index (χ0) is 17.6. The van der Waals surface area contributed by atoms with Crippen molar-refractivity contribution in [2.24, 2.45) is 0 Å². The molecule has 25 heavy (non-hydrogen) atoms. The maximum absolute atomic E-state index is 14.1. The van der Waals surface area contributed by atoms with Crippen LogP contribution in [-0.2, 0) is 6.42 Å². The number of aryl methyl sites for hydroxylation is 1. The van der Waals surface area contributed by atoms with E-state index in [4.69, 9.17) is 4.74 Å². The summed E-state index contributed by atoms with van der Waals surface area (Å²) in [6.07, 6.45) is 4.88. The number of amides is 1. The van der Waals surface area contributed by atoms with E-state index >= 15 is 0 Å². The van der Waals surface area contributed by atoms with E-state index in [2.05, 4.69) is 20.3 Å². The van der Waals surface area contributed by atoms with Crippen molar-refractivity contribution >= 4 is 11.6 Å². The van der Waals surface area contributed by atoms with Crippen LogP contribution in [0.3, 0.4) is 0 Å². The van der Waals surface area contributed by atoms with E-state index in [-0.39, 0.29) is 17.5 Å². The monoisotopic (exact) mass is 338 g/mol. The number of carbonyl (C=O) groups excluding carboxylic acids is 1. The van der Waals surface area contributed by atoms with Crippen LogP contribution in [0.5, 0.6) is 11.6 Å². The van der Waals surface area contributed by atoms with Crippen LogP contribution in [0.2, 0.25) is 0 Å². The fourth-order valence-electron chi connectivity index (χ4n) is 2.13. The second kappa shape index (κ2) is 7.48. The molecule has 0 bridgehead atoms. The summed E-state index contributed by atoms with van der Waals surface area (Å²) in [7, 11) is 0. The van der Waals surface area contributed by atoms with Gasteiger partial charge in [-0.25, -0.2) is 4.98 Å². The van der Waals surface area contributed by atoms with Crippen molar-refractivity contribution in [3.8, 4) is 11.6 Å². The first-order chi connectivity index (χ1) is 12.2. The zero-order valence-corrected chi connectivity index (χ0v) is 13.4. The van der Waals surface area contributed by atoms with Crippen LogP contribution in [-0.4, -0.2) is 20.9 Å². The SMILES string of the molecule is CCc1ncnc(Oc2ccc(C(=O)Nc3cccnc3)cc2)c1F. The Hall–Kier alpha value is -3.35. The molecule has 7 heteroatoms. The first-order valence-electron chi connectivity index (χ1n) is 7.66. The highest BCUT2D eigenvalue weighted by Gasteiger charge is 2.12. The van der Waals surface area contributed by atoms with Crippen molar-refractivity contribution in [1.82, 2.24) is 15.0 Å². The summed E-state index contributed by atoms with van der Waals surface area (Å²) in [5, 5.41) is 2.73. The van der Waals surface area contributed by atoms with Crippen molar-refractivity contribution in [1.29, 1.82) is 0 Å². The summed E-state index contributed by atoms with van der Waals surface area (Å²) in [6.45, 7) is 1.80. The van der Waals surface area contributed by atoms with Crippen LogP contribution in [0.4, 0.5) is 10.1 Å². The van der Waals surface area contributed by atoms with Crippen LogP contribution in [0, 0.1) is 5.82 Å². The van der Waals surface area contributed by atoms with Gasteiger partial charge in [-0.05, 0) is 42.8 Å². The molecule has 2 heterocycles. The zero-order valence-electron chi connectivity index (χ0n) is 13.4. The summed E-state index contributed by atoms with van der Waals surface area (Å²) >= 11 is 0. The molecular formula is C18H15FN4O2. The van der Waals surface area contributed by atoms with Crippen LogP contribution in [0.1, 0.15) is 23.0 Å². The number of ether oxygens (including phenoxy) is 1. The predicted octanol–water partition coefficient (Wildman–Crippen LogP) is 3.62. The van der Waals surface area contributed by atoms with E-state index in [1.165, 1.54) is 6.33 Å². The maximum atomic E-state index is 14.1. The lowest BCUT2D eigenvalue weighted by Gasteiger charge is -2.08. The molecular weight excluding hydrogens is 323 g/mol. The number of aromatic nitrogens is 3. The Labute approximate surface area is 143 Å². The lowest BCUT2D eigenvalue weighted by molar-refractivity contribution is 0.102. The van der Waals surface area contributed by atoms with Gasteiger partial charge in [-0.2, -0.15) is 9.37 Å². The second-order valence-corrected chi connectivity index (χ2v) is 5.12. The average molecular weight is 338 g/mol. The van der Waals surface area contributed by atoms with Gasteiger partial charge in [-0.1, -0.05) is 6.92 Å². The molecule has 3 aromatic rings. The molecule has 1 N–H and O–H groups in total. The number of rotatable bonds is 5. The normalized spacial score (nSPS) is 10.3. The quantitative estimate of drug-likeness (QED) is 0.769. The Bertz CT molecular complexity index is 870. The van der Waals surface area contributed by atoms with Crippen LogP contribution in [0.25, 0.3) is 0 Å². The van der Waals surface area contributed by atoms with Gasteiger partial charge < -0.3 is 10.1 Å². The molecule has 0 fully saturated rings. The highest BCUT2D eigenvalue weighted by molar-refractivity contribution is 6.04. The van der Waals surface area contributed by atoms with E-state index in [0.29, 0.717) is 23.4 Å². The Morgan fingerprint density at radius 2 is 2.00 bits per heavy atom. The number of hydrogen-bond donors (Lipinski definition) is 1. The van der Waals surface area contributed by atoms with E-state index in [0.717, 1.165) is 0 Å². The molecule has 0 spiro atoms. The summed E-state index contributed by atoms with van der Waals surface area (Å²) in [4.78, 5) is 23.7. The van der Waals surface area contributed by atoms with Crippen molar-refractivity contribution in [2.45, 2.75) is 13.3 Å². The van der Waals surface area contributed by atoms with E-state index in [9.17, 15) is 9.18 Å². The standard InChI is InChI=1S/C18H15FN4O2/c1-2-15-16(19)18(22-11-21-15)25-14-7-5-12(6-8-14)17(24)23-13-4-3-9-20-10-13/h3-11H,2H2,1H3,(H,23,24). The van der Waals surface area contributed by atoms with Gasteiger partial charge in [0.05, 0.1) is 17.6 Å². The van der Waals surface area contributed by atoms with E-state index < -0.39 is 5.82 Å². The van der Waals surface area contributed by atoms with Crippen LogP contribution < -0.4 is 10.1 Å². The number of hydrogen-bond acceptors (Lipinski definition) is 5. The maximum Gasteiger partial charge on any atom is 0.259 e. The lowest BCUT2D eigenvalue weighted by Crippen LogP contribution is -2.11. The Morgan fingerprint density at radius 3 is 2.68 bits per heavy atom. The van der Waals surface area contributed by atoms with Gasteiger partial charge in [0.15, 0.2) is 0 Å². The van der Waals surface area contributed by atoms with Crippen molar-refractivity contribution in [3.63, 3.8) is 0 Å². The number of benzene rings is 1. The van der Waals surface area contributed by atoms with Gasteiger partial charge in [0, 0.05) is 11.8 Å². The largest absolute Gasteiger partial charge is 0.436 e. The highest BCUT2D eigenvalue weighted by atomic mass is 19.1. The van der Waals surface area contributed by atoms with E-state index in [1.54, 1.807) is 55.7 Å². The molecule has 3 rings (SSSR count). The summed E-state index contributed by atoms with van der Waals surface area (Å²) in [6, 6.07) is 9.79. The van der Waals surface area contributed by atoms with Crippen molar-refractivity contribution in [2.75, 3.05) is 5.32 Å². The molecule has 0 saturated heterocycles. The van der Waals surface area contributed by atoms with Gasteiger partial charge in [-0.15, -0.1) is 0 Å². The average Bonchev–Trinajstić information content (AvgIpc) is 2.65. The van der Waals surface area contributed by atoms with Gasteiger partial charge >= 0.3 is 0 Å². The first-order valence-corrected chi connectivity index (χ1v) is 7.66. The third-order valence-electron chi connectivity index (χ3n) is 3.42. The van der Waals surface area contributed by atoms with Gasteiger partial charge in [0.25, 0.3) is 11.8 Å². The molecule has 6 nitrogen and oxygen atoms in total. The smallest absolute Gasteiger partial charge is 0.259 e. The molecule has 2 aromatic heterocycles. The minimum atomic E-state index is -0.580. The highest BCUT2D eigenvalue weighted by Crippen LogP contribution is 2.23. The summed E-state index contributed by atoms with van der Waals surface area (Å²) < 4.78 is 19.5. The van der Waals surface area contributed by atoms with Crippen LogP contribution in [0.15, 0.2) is 55.1 Å². The Morgan fingerprint density at radius 1 is 1.20 bits per heavy atom. The Balaban J connectivity index is 1.71. The van der Waals surface area contributed by atoms with Gasteiger partial charge in [-0.3, -0.25) is 9.78 Å². The number of nitrogens with one attached hydrogen (secondary N) is 1. The molecule has 126 valence electrons. The Kier molecular flexibility index (Phi) is 4.94. The molecule has 1 amide bonds. The summed E-state index contributed by atoms with van der Waals surface area (Å²) in [5.41, 5.74) is 1.33. The molecule has 0 aliphatic rings. The number of nitrogens with zero attached hydrogens (tertiary/aromatic N) is 3. The second-order valence-electron chi connectivity index (χ2n) is 5.12. The number of halogens is 1. The summed E-state index contributed by atoms with van der Waals surface area (Å²) in [5.74, 6) is -0.624. The number of carbonyl (C=O) groups is 1. The van der Waals surface area contributed by atoms with Crippen molar-refractivity contribution in [3.05, 3.63) is 72.2 Å². The van der Waals surface area contributed by atoms with E-state index in [1.807, 2.05) is 0 Å².